The van der Waals surface area contributed by atoms with E-state index in [1.165, 1.54) is 20.3 Å². The Morgan fingerprint density at radius 1 is 1.11 bits per heavy atom. The van der Waals surface area contributed by atoms with E-state index in [-0.39, 0.29) is 25.0 Å². The number of rotatable bonds is 14. The van der Waals surface area contributed by atoms with Crippen molar-refractivity contribution in [2.45, 2.75) is 109 Å². The number of hydrogen-bond acceptors (Lipinski definition) is 10. The van der Waals surface area contributed by atoms with Crippen LogP contribution in [0.25, 0.3) is 0 Å². The Morgan fingerprint density at radius 3 is 2.40 bits per heavy atom. The predicted molar refractivity (Wildman–Crippen MR) is 176 cm³/mol. The monoisotopic (exact) mass is 656 g/mol. The van der Waals surface area contributed by atoms with Gasteiger partial charge >= 0.3 is 11.9 Å². The smallest absolute Gasteiger partial charge is 0.330 e. The van der Waals surface area contributed by atoms with Crippen LogP contribution in [0.5, 0.6) is 5.75 Å². The zero-order valence-corrected chi connectivity index (χ0v) is 29.1. The molecule has 2 saturated heterocycles. The Labute approximate surface area is 279 Å². The number of esters is 2. The van der Waals surface area contributed by atoms with Crippen LogP contribution < -0.4 is 4.74 Å². The standard InChI is InChI=1S/C37H52O10/c1-10-35(2,3)16-15-29-17-26(19-33(39)42-7)18-31(46-29)23-37(44-9)36(4,5)32(45-24-25-11-13-28(41-6)14-12-25)22-30(47-37)20-27(38)21-34(40)43-8/h1,11-16,19,27,29-32,38H,17-18,20-24H2,2-9H3/b16-15+,26-19+/t27-,29+,30-,31+,32+,37+/m1/s1. The zero-order chi connectivity index (χ0) is 34.8. The molecule has 1 aromatic carbocycles. The summed E-state index contributed by atoms with van der Waals surface area (Å²) in [6.45, 7) is 8.29. The highest BCUT2D eigenvalue weighted by Gasteiger charge is 2.58. The summed E-state index contributed by atoms with van der Waals surface area (Å²) in [6, 6.07) is 7.67. The van der Waals surface area contributed by atoms with Gasteiger partial charge in [-0.3, -0.25) is 4.79 Å². The lowest BCUT2D eigenvalue weighted by molar-refractivity contribution is -0.362. The summed E-state index contributed by atoms with van der Waals surface area (Å²) in [4.78, 5) is 24.2. The minimum atomic E-state index is -1.23. The minimum Gasteiger partial charge on any atom is -0.497 e. The summed E-state index contributed by atoms with van der Waals surface area (Å²) in [5.74, 6) is 1.35. The van der Waals surface area contributed by atoms with Crippen LogP contribution in [0.2, 0.25) is 0 Å². The van der Waals surface area contributed by atoms with Crippen molar-refractivity contribution < 1.29 is 47.9 Å². The maximum Gasteiger partial charge on any atom is 0.330 e. The highest BCUT2D eigenvalue weighted by atomic mass is 16.7. The maximum absolute atomic E-state index is 12.3. The van der Waals surface area contributed by atoms with Crippen molar-refractivity contribution in [3.63, 3.8) is 0 Å². The molecular formula is C37H52O10. The van der Waals surface area contributed by atoms with Gasteiger partial charge in [-0.1, -0.05) is 49.6 Å². The number of aliphatic hydroxyl groups is 1. The summed E-state index contributed by atoms with van der Waals surface area (Å²) in [6.07, 6.45) is 10.2. The summed E-state index contributed by atoms with van der Waals surface area (Å²) >= 11 is 0. The van der Waals surface area contributed by atoms with Gasteiger partial charge in [-0.25, -0.2) is 4.79 Å². The summed E-state index contributed by atoms with van der Waals surface area (Å²) in [5.41, 5.74) is 0.661. The molecule has 0 unspecified atom stereocenters. The van der Waals surface area contributed by atoms with Crippen LogP contribution in [0.15, 0.2) is 48.1 Å². The van der Waals surface area contributed by atoms with E-state index in [2.05, 4.69) is 5.92 Å². The third-order valence-electron chi connectivity index (χ3n) is 9.17. The molecule has 0 bridgehead atoms. The molecule has 0 aliphatic carbocycles. The molecule has 3 rings (SSSR count). The minimum absolute atomic E-state index is 0.160. The van der Waals surface area contributed by atoms with Crippen molar-refractivity contribution in [2.75, 3.05) is 28.4 Å². The Morgan fingerprint density at radius 2 is 1.81 bits per heavy atom. The molecule has 0 amide bonds. The largest absolute Gasteiger partial charge is 0.497 e. The number of allylic oxidation sites excluding steroid dienone is 1. The zero-order valence-electron chi connectivity index (χ0n) is 29.1. The van der Waals surface area contributed by atoms with Gasteiger partial charge in [-0.2, -0.15) is 0 Å². The fourth-order valence-electron chi connectivity index (χ4n) is 6.21. The number of carbonyl (C=O) groups excluding carboxylic acids is 2. The Hall–Kier alpha value is -3.20. The number of aliphatic hydroxyl groups excluding tert-OH is 1. The van der Waals surface area contributed by atoms with Crippen LogP contribution in [-0.4, -0.2) is 81.8 Å². The number of ether oxygens (including phenoxy) is 7. The van der Waals surface area contributed by atoms with E-state index in [4.69, 9.17) is 39.6 Å². The normalized spacial score (nSPS) is 27.6. The first-order valence-corrected chi connectivity index (χ1v) is 16.0. The van der Waals surface area contributed by atoms with Gasteiger partial charge in [0.1, 0.15) is 5.75 Å². The van der Waals surface area contributed by atoms with Gasteiger partial charge in [0.15, 0.2) is 5.79 Å². The van der Waals surface area contributed by atoms with Gasteiger partial charge in [-0.05, 0) is 44.4 Å². The van der Waals surface area contributed by atoms with E-state index in [0.717, 1.165) is 16.9 Å². The lowest BCUT2D eigenvalue weighted by Crippen LogP contribution is -2.63. The van der Waals surface area contributed by atoms with Crippen LogP contribution in [0, 0.1) is 23.2 Å². The highest BCUT2D eigenvalue weighted by Crippen LogP contribution is 2.51. The van der Waals surface area contributed by atoms with Crippen molar-refractivity contribution in [3.8, 4) is 18.1 Å². The summed E-state index contributed by atoms with van der Waals surface area (Å²) in [7, 11) is 5.85. The topological polar surface area (TPSA) is 119 Å². The second-order valence-corrected chi connectivity index (χ2v) is 13.4. The number of terminal acetylenes is 1. The van der Waals surface area contributed by atoms with Crippen LogP contribution in [0.4, 0.5) is 0 Å². The molecule has 10 heteroatoms. The van der Waals surface area contributed by atoms with Crippen molar-refractivity contribution in [2.24, 2.45) is 10.8 Å². The van der Waals surface area contributed by atoms with Gasteiger partial charge in [0.2, 0.25) is 0 Å². The molecule has 1 N–H and O–H groups in total. The molecular weight excluding hydrogens is 604 g/mol. The van der Waals surface area contributed by atoms with Crippen LogP contribution in [-0.2, 0) is 44.6 Å². The second-order valence-electron chi connectivity index (χ2n) is 13.4. The van der Waals surface area contributed by atoms with Crippen LogP contribution in [0.1, 0.15) is 71.8 Å². The average molecular weight is 657 g/mol. The fraction of sp³-hybridized carbons (Fsp3) is 0.622. The first-order valence-electron chi connectivity index (χ1n) is 16.0. The molecule has 0 radical (unpaired) electrons. The first-order chi connectivity index (χ1) is 22.2. The number of hydrogen-bond donors (Lipinski definition) is 1. The van der Waals surface area contributed by atoms with Crippen molar-refractivity contribution in [3.05, 3.63) is 53.6 Å². The van der Waals surface area contributed by atoms with Gasteiger partial charge in [0.25, 0.3) is 0 Å². The van der Waals surface area contributed by atoms with Gasteiger partial charge in [0, 0.05) is 43.3 Å². The van der Waals surface area contributed by atoms with Crippen molar-refractivity contribution >= 4 is 11.9 Å². The van der Waals surface area contributed by atoms with E-state index in [1.54, 1.807) is 14.2 Å². The molecule has 47 heavy (non-hydrogen) atoms. The van der Waals surface area contributed by atoms with E-state index >= 15 is 0 Å². The molecule has 2 aliphatic rings. The van der Waals surface area contributed by atoms with Gasteiger partial charge in [-0.15, -0.1) is 6.42 Å². The molecule has 0 saturated carbocycles. The lowest BCUT2D eigenvalue weighted by Gasteiger charge is -2.56. The Bertz CT molecular complexity index is 1290. The third kappa shape index (κ3) is 10.4. The molecule has 260 valence electrons. The number of carbonyl (C=O) groups is 2. The van der Waals surface area contributed by atoms with Crippen LogP contribution in [0.3, 0.4) is 0 Å². The Kier molecular flexibility index (Phi) is 13.6. The predicted octanol–water partition coefficient (Wildman–Crippen LogP) is 5.31. The van der Waals surface area contributed by atoms with Gasteiger partial charge in [0.05, 0.1) is 64.9 Å². The van der Waals surface area contributed by atoms with Crippen molar-refractivity contribution in [1.29, 1.82) is 0 Å². The molecule has 2 fully saturated rings. The first kappa shape index (κ1) is 38.2. The second kappa shape index (κ2) is 16.8. The highest BCUT2D eigenvalue weighted by molar-refractivity contribution is 5.82. The molecule has 6 atom stereocenters. The van der Waals surface area contributed by atoms with Gasteiger partial charge < -0.3 is 38.3 Å². The third-order valence-corrected chi connectivity index (χ3v) is 9.17. The molecule has 0 aromatic heterocycles. The van der Waals surface area contributed by atoms with E-state index < -0.39 is 46.9 Å². The average Bonchev–Trinajstić information content (AvgIpc) is 3.04. The molecule has 10 nitrogen and oxygen atoms in total. The summed E-state index contributed by atoms with van der Waals surface area (Å²) < 4.78 is 41.3. The fourth-order valence-corrected chi connectivity index (χ4v) is 6.21. The SMILES string of the molecule is C#CC(C)(C)/C=C/[C@H]1C/C(=C\C(=O)OC)C[C@@H](C[C@]2(OC)O[C@H](C[C@@H](O)CC(=O)OC)C[C@H](OCc3ccc(OC)cc3)C2(C)C)O1. The van der Waals surface area contributed by atoms with E-state index in [1.807, 2.05) is 64.1 Å². The maximum atomic E-state index is 12.3. The van der Waals surface area contributed by atoms with E-state index in [0.29, 0.717) is 32.3 Å². The van der Waals surface area contributed by atoms with Crippen molar-refractivity contribution in [1.82, 2.24) is 0 Å². The van der Waals surface area contributed by atoms with E-state index in [9.17, 15) is 14.7 Å². The Balaban J connectivity index is 1.95. The molecule has 2 aliphatic heterocycles. The lowest BCUT2D eigenvalue weighted by atomic mass is 9.70. The molecule has 0 spiro atoms. The quantitative estimate of drug-likeness (QED) is 0.122. The number of methoxy groups -OCH3 is 4. The summed E-state index contributed by atoms with van der Waals surface area (Å²) in [5, 5.41) is 10.8. The number of benzene rings is 1. The van der Waals surface area contributed by atoms with Crippen LogP contribution >= 0.6 is 0 Å². The molecule has 1 aromatic rings. The molecule has 2 heterocycles.